The highest BCUT2D eigenvalue weighted by Crippen LogP contribution is 2.16. The van der Waals surface area contributed by atoms with E-state index in [0.29, 0.717) is 28.0 Å². The van der Waals surface area contributed by atoms with Gasteiger partial charge in [0.1, 0.15) is 0 Å². The van der Waals surface area contributed by atoms with Gasteiger partial charge < -0.3 is 10.1 Å². The Labute approximate surface area is 185 Å². The molecule has 0 aliphatic heterocycles. The van der Waals surface area contributed by atoms with Crippen molar-refractivity contribution in [3.63, 3.8) is 0 Å². The van der Waals surface area contributed by atoms with Gasteiger partial charge in [-0.05, 0) is 30.7 Å². The van der Waals surface area contributed by atoms with Crippen LogP contribution in [0.25, 0.3) is 10.8 Å². The molecule has 1 amide bonds. The van der Waals surface area contributed by atoms with E-state index in [0.717, 1.165) is 25.7 Å². The van der Waals surface area contributed by atoms with E-state index in [1.165, 1.54) is 4.68 Å². The van der Waals surface area contributed by atoms with Gasteiger partial charge in [-0.25, -0.2) is 9.48 Å². The lowest BCUT2D eigenvalue weighted by atomic mass is 10.1. The van der Waals surface area contributed by atoms with Crippen LogP contribution in [0.3, 0.4) is 0 Å². The molecule has 1 aromatic heterocycles. The van der Waals surface area contributed by atoms with Crippen molar-refractivity contribution in [2.24, 2.45) is 0 Å². The van der Waals surface area contributed by atoms with E-state index < -0.39 is 18.5 Å². The number of fused-ring (bicyclic) bond motifs is 1. The topological polar surface area (TPSA) is 90.3 Å². The zero-order valence-corrected chi connectivity index (χ0v) is 18.0. The first-order chi connectivity index (χ1) is 15.0. The number of ether oxygens (including phenoxy) is 1. The van der Waals surface area contributed by atoms with E-state index in [1.54, 1.807) is 48.5 Å². The highest BCUT2D eigenvalue weighted by molar-refractivity contribution is 6.30. The molecule has 0 bridgehead atoms. The second-order valence-electron chi connectivity index (χ2n) is 7.12. The van der Waals surface area contributed by atoms with Gasteiger partial charge >= 0.3 is 5.97 Å². The Hall–Kier alpha value is -3.19. The molecule has 3 aromatic rings. The molecule has 0 aliphatic rings. The van der Waals surface area contributed by atoms with Crippen molar-refractivity contribution in [1.29, 1.82) is 0 Å². The van der Waals surface area contributed by atoms with E-state index in [-0.39, 0.29) is 11.3 Å². The first-order valence-electron chi connectivity index (χ1n) is 10.2. The lowest BCUT2D eigenvalue weighted by Crippen LogP contribution is -2.28. The number of hydrogen-bond donors (Lipinski definition) is 1. The van der Waals surface area contributed by atoms with Crippen LogP contribution >= 0.6 is 11.6 Å². The minimum atomic E-state index is -0.764. The number of halogens is 1. The number of carbonyl (C=O) groups is 2. The van der Waals surface area contributed by atoms with Crippen molar-refractivity contribution < 1.29 is 14.3 Å². The number of nitrogens with one attached hydrogen (secondary N) is 1. The van der Waals surface area contributed by atoms with Crippen LogP contribution in [0.1, 0.15) is 43.1 Å². The number of benzene rings is 2. The third-order valence-corrected chi connectivity index (χ3v) is 4.96. The summed E-state index contributed by atoms with van der Waals surface area (Å²) in [6, 6.07) is 13.4. The van der Waals surface area contributed by atoms with Gasteiger partial charge in [-0.1, -0.05) is 62.1 Å². The molecule has 3 rings (SSSR count). The lowest BCUT2D eigenvalue weighted by molar-refractivity contribution is -0.119. The van der Waals surface area contributed by atoms with Crippen LogP contribution in [-0.4, -0.2) is 28.3 Å². The molecule has 0 saturated heterocycles. The molecule has 7 nitrogen and oxygen atoms in total. The molecule has 0 fully saturated rings. The number of aromatic nitrogens is 2. The van der Waals surface area contributed by atoms with E-state index in [9.17, 15) is 14.4 Å². The fourth-order valence-electron chi connectivity index (χ4n) is 3.19. The fraction of sp³-hybridized carbons (Fsp3) is 0.304. The minimum absolute atomic E-state index is 0.0150. The molecule has 0 aliphatic carbocycles. The molecule has 0 saturated carbocycles. The molecular formula is C23H24ClN3O4. The Morgan fingerprint density at radius 1 is 1.06 bits per heavy atom. The van der Waals surface area contributed by atoms with Gasteiger partial charge in [-0.2, -0.15) is 5.10 Å². The Balaban J connectivity index is 1.75. The normalized spacial score (nSPS) is 10.8. The van der Waals surface area contributed by atoms with Crippen molar-refractivity contribution in [1.82, 2.24) is 9.78 Å². The predicted octanol–water partition coefficient (Wildman–Crippen LogP) is 4.43. The average Bonchev–Trinajstić information content (AvgIpc) is 2.76. The fourth-order valence-corrected chi connectivity index (χ4v) is 3.38. The molecule has 2 aromatic carbocycles. The highest BCUT2D eigenvalue weighted by Gasteiger charge is 2.19. The van der Waals surface area contributed by atoms with Gasteiger partial charge in [0.05, 0.1) is 5.39 Å². The summed E-state index contributed by atoms with van der Waals surface area (Å²) >= 11 is 5.90. The average molecular weight is 442 g/mol. The third kappa shape index (κ3) is 5.92. The zero-order chi connectivity index (χ0) is 22.2. The summed E-state index contributed by atoms with van der Waals surface area (Å²) in [5, 5.41) is 8.13. The van der Waals surface area contributed by atoms with Crippen LogP contribution in [0.5, 0.6) is 0 Å². The van der Waals surface area contributed by atoms with E-state index >= 15 is 0 Å². The van der Waals surface area contributed by atoms with Gasteiger partial charge in [0.2, 0.25) is 0 Å². The summed E-state index contributed by atoms with van der Waals surface area (Å²) in [6.07, 6.45) is 3.91. The SMILES string of the molecule is CCCCCCn1nc(C(=O)OCC(=O)Nc2cccc(Cl)c2)c2ccccc2c1=O. The molecule has 0 spiro atoms. The van der Waals surface area contributed by atoms with Crippen molar-refractivity contribution >= 4 is 39.9 Å². The summed E-state index contributed by atoms with van der Waals surface area (Å²) in [7, 11) is 0. The number of anilines is 1. The van der Waals surface area contributed by atoms with Gasteiger partial charge in [0.25, 0.3) is 11.5 Å². The quantitative estimate of drug-likeness (QED) is 0.392. The van der Waals surface area contributed by atoms with Gasteiger partial charge in [0, 0.05) is 22.6 Å². The van der Waals surface area contributed by atoms with Crippen LogP contribution in [0.15, 0.2) is 53.3 Å². The summed E-state index contributed by atoms with van der Waals surface area (Å²) in [6.45, 7) is 2.03. The van der Waals surface area contributed by atoms with Crippen molar-refractivity contribution in [3.05, 3.63) is 69.6 Å². The summed E-state index contributed by atoms with van der Waals surface area (Å²) in [4.78, 5) is 37.6. The zero-order valence-electron chi connectivity index (χ0n) is 17.3. The van der Waals surface area contributed by atoms with E-state index in [2.05, 4.69) is 17.3 Å². The Kier molecular flexibility index (Phi) is 7.78. The van der Waals surface area contributed by atoms with Gasteiger partial charge in [0.15, 0.2) is 12.3 Å². The van der Waals surface area contributed by atoms with Gasteiger partial charge in [-0.3, -0.25) is 9.59 Å². The van der Waals surface area contributed by atoms with Crippen LogP contribution in [0.4, 0.5) is 5.69 Å². The number of esters is 1. The number of carbonyl (C=O) groups excluding carboxylic acids is 2. The second-order valence-corrected chi connectivity index (χ2v) is 7.55. The standard InChI is InChI=1S/C23H24ClN3O4/c1-2-3-4-7-13-27-22(29)19-12-6-5-11-18(19)21(26-27)23(30)31-15-20(28)25-17-10-8-9-16(24)14-17/h5-6,8-12,14H,2-4,7,13,15H2,1H3,(H,25,28). The number of hydrogen-bond acceptors (Lipinski definition) is 5. The number of amides is 1. The Morgan fingerprint density at radius 3 is 2.58 bits per heavy atom. The Bertz CT molecular complexity index is 1140. The summed E-state index contributed by atoms with van der Waals surface area (Å²) < 4.78 is 6.48. The van der Waals surface area contributed by atoms with Crippen molar-refractivity contribution in [2.75, 3.05) is 11.9 Å². The van der Waals surface area contributed by atoms with Crippen LogP contribution in [0.2, 0.25) is 5.02 Å². The lowest BCUT2D eigenvalue weighted by Gasteiger charge is -2.11. The Morgan fingerprint density at radius 2 is 1.84 bits per heavy atom. The maximum Gasteiger partial charge on any atom is 0.359 e. The van der Waals surface area contributed by atoms with E-state index in [4.69, 9.17) is 16.3 Å². The molecule has 0 radical (unpaired) electrons. The smallest absolute Gasteiger partial charge is 0.359 e. The maximum atomic E-state index is 12.7. The summed E-state index contributed by atoms with van der Waals surface area (Å²) in [5.41, 5.74) is 0.265. The molecule has 8 heteroatoms. The largest absolute Gasteiger partial charge is 0.451 e. The number of nitrogens with zero attached hydrogens (tertiary/aromatic N) is 2. The molecule has 1 N–H and O–H groups in total. The monoisotopic (exact) mass is 441 g/mol. The maximum absolute atomic E-state index is 12.7. The molecule has 0 unspecified atom stereocenters. The van der Waals surface area contributed by atoms with Crippen molar-refractivity contribution in [3.8, 4) is 0 Å². The van der Waals surface area contributed by atoms with Gasteiger partial charge in [-0.15, -0.1) is 0 Å². The molecule has 31 heavy (non-hydrogen) atoms. The molecule has 0 atom stereocenters. The minimum Gasteiger partial charge on any atom is -0.451 e. The van der Waals surface area contributed by atoms with Crippen molar-refractivity contribution in [2.45, 2.75) is 39.2 Å². The predicted molar refractivity (Wildman–Crippen MR) is 121 cm³/mol. The molecule has 1 heterocycles. The molecule has 162 valence electrons. The molecular weight excluding hydrogens is 418 g/mol. The number of unbranched alkanes of at least 4 members (excludes halogenated alkanes) is 3. The summed E-state index contributed by atoms with van der Waals surface area (Å²) in [5.74, 6) is -1.27. The highest BCUT2D eigenvalue weighted by atomic mass is 35.5. The van der Waals surface area contributed by atoms with E-state index in [1.807, 2.05) is 0 Å². The van der Waals surface area contributed by atoms with Crippen LogP contribution < -0.4 is 10.9 Å². The third-order valence-electron chi connectivity index (χ3n) is 4.73. The first-order valence-corrected chi connectivity index (χ1v) is 10.6. The number of aryl methyl sites for hydroxylation is 1. The van der Waals surface area contributed by atoms with Crippen LogP contribution in [-0.2, 0) is 16.1 Å². The van der Waals surface area contributed by atoms with Crippen LogP contribution in [0, 0.1) is 0 Å². The second kappa shape index (κ2) is 10.7. The number of rotatable bonds is 9. The first kappa shape index (κ1) is 22.5.